The van der Waals surface area contributed by atoms with Crippen molar-refractivity contribution in [3.8, 4) is 18.1 Å². The van der Waals surface area contributed by atoms with Crippen molar-refractivity contribution >= 4 is 0 Å². The summed E-state index contributed by atoms with van der Waals surface area (Å²) in [6.45, 7) is 0.848. The Morgan fingerprint density at radius 2 is 2.27 bits per heavy atom. The van der Waals surface area contributed by atoms with Crippen LogP contribution in [0.1, 0.15) is 12.0 Å². The molecule has 0 spiro atoms. The third kappa shape index (κ3) is 3.61. The summed E-state index contributed by atoms with van der Waals surface area (Å²) in [7, 11) is 0. The Morgan fingerprint density at radius 3 is 2.87 bits per heavy atom. The average molecular weight is 207 g/mol. The SMILES string of the molecule is C#CCCOc1ccc(CCN)cc1F. The van der Waals surface area contributed by atoms with Crippen LogP contribution in [0.2, 0.25) is 0 Å². The normalized spacial score (nSPS) is 9.67. The second kappa shape index (κ2) is 6.05. The van der Waals surface area contributed by atoms with Crippen LogP contribution >= 0.6 is 0 Å². The Hall–Kier alpha value is -1.53. The van der Waals surface area contributed by atoms with Crippen LogP contribution in [0.25, 0.3) is 0 Å². The first-order valence-corrected chi connectivity index (χ1v) is 4.82. The van der Waals surface area contributed by atoms with Crippen molar-refractivity contribution < 1.29 is 9.13 Å². The van der Waals surface area contributed by atoms with Gasteiger partial charge in [0, 0.05) is 6.42 Å². The topological polar surface area (TPSA) is 35.2 Å². The van der Waals surface area contributed by atoms with E-state index in [4.69, 9.17) is 16.9 Å². The number of terminal acetylenes is 1. The lowest BCUT2D eigenvalue weighted by Gasteiger charge is -2.06. The van der Waals surface area contributed by atoms with Crippen molar-refractivity contribution in [2.75, 3.05) is 13.2 Å². The molecular formula is C12H14FNO. The number of nitrogens with two attached hydrogens (primary N) is 1. The molecule has 0 aliphatic heterocycles. The summed E-state index contributed by atoms with van der Waals surface area (Å²) >= 11 is 0. The standard InChI is InChI=1S/C12H14FNO/c1-2-3-8-15-12-5-4-10(6-7-14)9-11(12)13/h1,4-5,9H,3,6-8,14H2. The minimum atomic E-state index is -0.363. The minimum Gasteiger partial charge on any atom is -0.490 e. The van der Waals surface area contributed by atoms with Crippen molar-refractivity contribution in [2.45, 2.75) is 12.8 Å². The molecular weight excluding hydrogens is 193 g/mol. The Morgan fingerprint density at radius 1 is 1.47 bits per heavy atom. The van der Waals surface area contributed by atoms with Gasteiger partial charge < -0.3 is 10.5 Å². The highest BCUT2D eigenvalue weighted by Gasteiger charge is 2.03. The lowest BCUT2D eigenvalue weighted by Crippen LogP contribution is -2.04. The van der Waals surface area contributed by atoms with Gasteiger partial charge in [0.2, 0.25) is 0 Å². The highest BCUT2D eigenvalue weighted by molar-refractivity contribution is 5.29. The molecule has 0 atom stereocenters. The number of rotatable bonds is 5. The molecule has 0 heterocycles. The summed E-state index contributed by atoms with van der Waals surface area (Å²) in [6, 6.07) is 4.86. The second-order valence-corrected chi connectivity index (χ2v) is 3.11. The van der Waals surface area contributed by atoms with Gasteiger partial charge >= 0.3 is 0 Å². The van der Waals surface area contributed by atoms with E-state index < -0.39 is 0 Å². The molecule has 0 saturated heterocycles. The van der Waals surface area contributed by atoms with Gasteiger partial charge in [-0.1, -0.05) is 6.07 Å². The van der Waals surface area contributed by atoms with Crippen LogP contribution in [0.15, 0.2) is 18.2 Å². The van der Waals surface area contributed by atoms with E-state index in [1.807, 2.05) is 0 Å². The largest absolute Gasteiger partial charge is 0.490 e. The van der Waals surface area contributed by atoms with E-state index in [-0.39, 0.29) is 11.6 Å². The Kier molecular flexibility index (Phi) is 4.65. The maximum Gasteiger partial charge on any atom is 0.165 e. The van der Waals surface area contributed by atoms with Crippen LogP contribution in [0.4, 0.5) is 4.39 Å². The maximum absolute atomic E-state index is 13.4. The molecule has 0 aromatic heterocycles. The third-order valence-electron chi connectivity index (χ3n) is 1.93. The molecule has 1 rings (SSSR count). The molecule has 0 unspecified atom stereocenters. The molecule has 1 aromatic rings. The molecule has 0 radical (unpaired) electrons. The van der Waals surface area contributed by atoms with Crippen molar-refractivity contribution in [1.82, 2.24) is 0 Å². The number of hydrogen-bond acceptors (Lipinski definition) is 2. The first-order valence-electron chi connectivity index (χ1n) is 4.82. The Balaban J connectivity index is 2.62. The zero-order valence-electron chi connectivity index (χ0n) is 8.50. The van der Waals surface area contributed by atoms with Gasteiger partial charge in [0.05, 0.1) is 6.61 Å². The zero-order chi connectivity index (χ0) is 11.1. The van der Waals surface area contributed by atoms with E-state index in [0.29, 0.717) is 26.0 Å². The molecule has 2 N–H and O–H groups in total. The highest BCUT2D eigenvalue weighted by atomic mass is 19.1. The molecule has 0 aliphatic carbocycles. The van der Waals surface area contributed by atoms with Crippen molar-refractivity contribution in [2.24, 2.45) is 5.73 Å². The summed E-state index contributed by atoms with van der Waals surface area (Å²) in [6.07, 6.45) is 6.20. The van der Waals surface area contributed by atoms with Gasteiger partial charge in [-0.25, -0.2) is 4.39 Å². The van der Waals surface area contributed by atoms with Gasteiger partial charge in [-0.05, 0) is 30.7 Å². The molecule has 0 aliphatic rings. The van der Waals surface area contributed by atoms with Crippen molar-refractivity contribution in [1.29, 1.82) is 0 Å². The fraction of sp³-hybridized carbons (Fsp3) is 0.333. The lowest BCUT2D eigenvalue weighted by molar-refractivity contribution is 0.310. The average Bonchev–Trinajstić information content (AvgIpc) is 2.22. The van der Waals surface area contributed by atoms with Crippen molar-refractivity contribution in [3.05, 3.63) is 29.6 Å². The fourth-order valence-electron chi connectivity index (χ4n) is 1.20. The zero-order valence-corrected chi connectivity index (χ0v) is 8.50. The Bertz CT molecular complexity index is 357. The van der Waals surface area contributed by atoms with Gasteiger partial charge in [0.25, 0.3) is 0 Å². The molecule has 2 nitrogen and oxygen atoms in total. The van der Waals surface area contributed by atoms with Crippen LogP contribution in [-0.2, 0) is 6.42 Å². The van der Waals surface area contributed by atoms with E-state index >= 15 is 0 Å². The monoisotopic (exact) mass is 207 g/mol. The molecule has 0 fully saturated rings. The predicted molar refractivity (Wildman–Crippen MR) is 58.1 cm³/mol. The van der Waals surface area contributed by atoms with E-state index in [0.717, 1.165) is 5.56 Å². The number of benzene rings is 1. The van der Waals surface area contributed by atoms with Gasteiger partial charge in [0.1, 0.15) is 0 Å². The first kappa shape index (κ1) is 11.5. The summed E-state index contributed by atoms with van der Waals surface area (Å²) in [5.74, 6) is 2.30. The van der Waals surface area contributed by atoms with Crippen LogP contribution < -0.4 is 10.5 Å². The first-order chi connectivity index (χ1) is 7.27. The highest BCUT2D eigenvalue weighted by Crippen LogP contribution is 2.18. The second-order valence-electron chi connectivity index (χ2n) is 3.11. The number of hydrogen-bond donors (Lipinski definition) is 1. The third-order valence-corrected chi connectivity index (χ3v) is 1.93. The predicted octanol–water partition coefficient (Wildman–Crippen LogP) is 1.73. The summed E-state index contributed by atoms with van der Waals surface area (Å²) in [5.41, 5.74) is 6.25. The van der Waals surface area contributed by atoms with E-state index in [2.05, 4.69) is 5.92 Å². The van der Waals surface area contributed by atoms with Gasteiger partial charge in [-0.15, -0.1) is 12.3 Å². The van der Waals surface area contributed by atoms with Crippen molar-refractivity contribution in [3.63, 3.8) is 0 Å². The van der Waals surface area contributed by atoms with E-state index in [1.54, 1.807) is 12.1 Å². The molecule has 0 saturated carbocycles. The minimum absolute atomic E-state index is 0.242. The van der Waals surface area contributed by atoms with Crippen LogP contribution in [-0.4, -0.2) is 13.2 Å². The molecule has 0 bridgehead atoms. The van der Waals surface area contributed by atoms with Gasteiger partial charge in [0.15, 0.2) is 11.6 Å². The van der Waals surface area contributed by atoms with E-state index in [9.17, 15) is 4.39 Å². The molecule has 0 amide bonds. The summed E-state index contributed by atoms with van der Waals surface area (Å²) in [4.78, 5) is 0. The summed E-state index contributed by atoms with van der Waals surface area (Å²) in [5, 5.41) is 0. The van der Waals surface area contributed by atoms with Crippen LogP contribution in [0.5, 0.6) is 5.75 Å². The fourth-order valence-corrected chi connectivity index (χ4v) is 1.20. The smallest absolute Gasteiger partial charge is 0.165 e. The number of halogens is 1. The van der Waals surface area contributed by atoms with Crippen LogP contribution in [0.3, 0.4) is 0 Å². The molecule has 15 heavy (non-hydrogen) atoms. The van der Waals surface area contributed by atoms with Crippen LogP contribution in [0, 0.1) is 18.2 Å². The van der Waals surface area contributed by atoms with Gasteiger partial charge in [-0.2, -0.15) is 0 Å². The number of ether oxygens (including phenoxy) is 1. The molecule has 1 aromatic carbocycles. The molecule has 3 heteroatoms. The molecule has 80 valence electrons. The van der Waals surface area contributed by atoms with Gasteiger partial charge in [-0.3, -0.25) is 0 Å². The Labute approximate surface area is 89.2 Å². The maximum atomic E-state index is 13.4. The van der Waals surface area contributed by atoms with E-state index in [1.165, 1.54) is 6.07 Å². The lowest BCUT2D eigenvalue weighted by atomic mass is 10.1. The summed E-state index contributed by atoms with van der Waals surface area (Å²) < 4.78 is 18.5. The quantitative estimate of drug-likeness (QED) is 0.589.